The summed E-state index contributed by atoms with van der Waals surface area (Å²) in [6.07, 6.45) is 4.88. The van der Waals surface area contributed by atoms with Crippen LogP contribution < -0.4 is 0 Å². The van der Waals surface area contributed by atoms with Crippen LogP contribution in [0.3, 0.4) is 0 Å². The van der Waals surface area contributed by atoms with Crippen molar-refractivity contribution in [2.24, 2.45) is 11.8 Å². The van der Waals surface area contributed by atoms with Gasteiger partial charge in [0.15, 0.2) is 16.6 Å². The quantitative estimate of drug-likeness (QED) is 0.0887. The summed E-state index contributed by atoms with van der Waals surface area (Å²) in [4.78, 5) is 11.2. The van der Waals surface area contributed by atoms with E-state index in [9.17, 15) is 18.0 Å². The van der Waals surface area contributed by atoms with Crippen molar-refractivity contribution in [3.05, 3.63) is 22.6 Å². The third-order valence-corrected chi connectivity index (χ3v) is 20.1. The van der Waals surface area contributed by atoms with Crippen LogP contribution in [0.5, 0.6) is 0 Å². The van der Waals surface area contributed by atoms with Gasteiger partial charge in [0, 0.05) is 29.2 Å². The first kappa shape index (κ1) is 41.5. The van der Waals surface area contributed by atoms with Gasteiger partial charge in [0.25, 0.3) is 0 Å². The molecule has 4 atom stereocenters. The summed E-state index contributed by atoms with van der Waals surface area (Å²) in [6, 6.07) is 0. The molecule has 0 bridgehead atoms. The summed E-state index contributed by atoms with van der Waals surface area (Å²) in [6.45, 7) is 26.1. The lowest BCUT2D eigenvalue weighted by Crippen LogP contribution is -2.45. The van der Waals surface area contributed by atoms with E-state index in [2.05, 4.69) is 87.7 Å². The van der Waals surface area contributed by atoms with E-state index in [1.165, 1.54) is 11.8 Å². The van der Waals surface area contributed by atoms with Gasteiger partial charge in [-0.05, 0) is 67.2 Å². The molecule has 0 spiro atoms. The molecule has 1 aliphatic carbocycles. The average Bonchev–Trinajstić information content (AvgIpc) is 3.18. The number of alkyl halides is 3. The van der Waals surface area contributed by atoms with Crippen molar-refractivity contribution < 1.29 is 31.9 Å². The number of unbranched alkanes of at least 4 members (excludes halogenated alkanes) is 3. The van der Waals surface area contributed by atoms with Gasteiger partial charge in [0.1, 0.15) is 0 Å². The fourth-order valence-corrected chi connectivity index (χ4v) is 8.88. The first-order chi connectivity index (χ1) is 19.9. The van der Waals surface area contributed by atoms with Gasteiger partial charge in [-0.3, -0.25) is 4.79 Å². The number of thioether (sulfide) groups is 1. The molecule has 0 aromatic carbocycles. The third-order valence-electron chi connectivity index (χ3n) is 9.76. The third kappa shape index (κ3) is 13.3. The molecule has 0 fully saturated rings. The molecule has 0 saturated heterocycles. The summed E-state index contributed by atoms with van der Waals surface area (Å²) in [5.74, 6) is -0.381. The Morgan fingerprint density at radius 1 is 1.00 bits per heavy atom. The van der Waals surface area contributed by atoms with Crippen molar-refractivity contribution >= 4 is 34.4 Å². The Balaban J connectivity index is 3.51. The molecule has 44 heavy (non-hydrogen) atoms. The van der Waals surface area contributed by atoms with Gasteiger partial charge >= 0.3 is 12.1 Å². The lowest BCUT2D eigenvalue weighted by molar-refractivity contribution is -0.137. The van der Waals surface area contributed by atoms with Gasteiger partial charge in [0.2, 0.25) is 0 Å². The number of carboxylic acids is 1. The van der Waals surface area contributed by atoms with Crippen molar-refractivity contribution in [2.75, 3.05) is 5.75 Å². The first-order valence-electron chi connectivity index (χ1n) is 16.6. The first-order valence-corrected chi connectivity index (χ1v) is 23.4. The minimum Gasteiger partial charge on any atom is -0.481 e. The maximum atomic E-state index is 14.6. The largest absolute Gasteiger partial charge is 0.481 e. The second kappa shape index (κ2) is 17.0. The highest BCUT2D eigenvalue weighted by Gasteiger charge is 2.49. The van der Waals surface area contributed by atoms with Crippen LogP contribution in [0.15, 0.2) is 22.6 Å². The second-order valence-electron chi connectivity index (χ2n) is 15.8. The van der Waals surface area contributed by atoms with Crippen molar-refractivity contribution in [1.82, 2.24) is 0 Å². The van der Waals surface area contributed by atoms with Gasteiger partial charge < -0.3 is 14.0 Å². The topological polar surface area (TPSA) is 55.8 Å². The van der Waals surface area contributed by atoms with E-state index in [0.717, 1.165) is 25.7 Å². The number of aliphatic carboxylic acids is 1. The van der Waals surface area contributed by atoms with Crippen molar-refractivity contribution in [3.63, 3.8) is 0 Å². The van der Waals surface area contributed by atoms with Crippen LogP contribution >= 0.6 is 11.8 Å². The van der Waals surface area contributed by atoms with E-state index < -0.39 is 46.4 Å². The Morgan fingerprint density at radius 2 is 1.59 bits per heavy atom. The van der Waals surface area contributed by atoms with Crippen LogP contribution in [0, 0.1) is 11.8 Å². The summed E-state index contributed by atoms with van der Waals surface area (Å²) in [5.41, 5.74) is -0.468. The molecular weight excluding hydrogens is 618 g/mol. The van der Waals surface area contributed by atoms with E-state index in [1.807, 2.05) is 6.08 Å². The molecule has 0 aromatic heterocycles. The predicted octanol–water partition coefficient (Wildman–Crippen LogP) is 11.8. The lowest BCUT2D eigenvalue weighted by Gasteiger charge is -2.40. The molecule has 0 amide bonds. The Bertz CT molecular complexity index is 965. The van der Waals surface area contributed by atoms with Crippen LogP contribution in [0.4, 0.5) is 13.2 Å². The van der Waals surface area contributed by atoms with Crippen LogP contribution in [-0.2, 0) is 13.6 Å². The van der Waals surface area contributed by atoms with Gasteiger partial charge in [-0.15, -0.1) is 11.8 Å². The van der Waals surface area contributed by atoms with Gasteiger partial charge in [-0.25, -0.2) is 0 Å². The van der Waals surface area contributed by atoms with Crippen LogP contribution in [0.1, 0.15) is 113 Å². The maximum Gasteiger partial charge on any atom is 0.413 e. The number of hydrogen-bond acceptors (Lipinski definition) is 4. The molecular formula is C34H63F3O4SSi2. The molecule has 10 heteroatoms. The Hall–Kier alpha value is -0.556. The van der Waals surface area contributed by atoms with E-state index in [4.69, 9.17) is 14.0 Å². The molecule has 0 unspecified atom stereocenters. The Morgan fingerprint density at radius 3 is 2.09 bits per heavy atom. The number of hydrogen-bond donors (Lipinski definition) is 1. The standard InChI is InChI=1S/C34H63F3O4SSi2/c1-13-14-18-25(2)23-26(40-43(9,10)32(3,4)5)20-21-27-29(41-44(11,12)33(6,7)8)24-28(34(35,36)37)31(27)42-22-17-15-16-19-30(38)39/h20-21,25-27,29H,13-19,22-24H2,1-12H3,(H,38,39)/b21-20+/t25-,26-,27+,29-/m1/s1. The zero-order chi connectivity index (χ0) is 34.1. The van der Waals surface area contributed by atoms with Crippen molar-refractivity contribution in [2.45, 2.75) is 168 Å². The molecule has 1 aliphatic rings. The summed E-state index contributed by atoms with van der Waals surface area (Å²) < 4.78 is 57.4. The van der Waals surface area contributed by atoms with E-state index >= 15 is 0 Å². The van der Waals surface area contributed by atoms with Crippen LogP contribution in [0.25, 0.3) is 0 Å². The van der Waals surface area contributed by atoms with E-state index in [-0.39, 0.29) is 29.0 Å². The highest BCUT2D eigenvalue weighted by molar-refractivity contribution is 8.03. The molecule has 0 aliphatic heterocycles. The minimum absolute atomic E-state index is 0.0120. The lowest BCUT2D eigenvalue weighted by atomic mass is 9.96. The molecule has 258 valence electrons. The zero-order valence-corrected chi connectivity index (χ0v) is 32.6. The molecule has 0 heterocycles. The summed E-state index contributed by atoms with van der Waals surface area (Å²) >= 11 is 1.28. The van der Waals surface area contributed by atoms with E-state index in [1.54, 1.807) is 0 Å². The van der Waals surface area contributed by atoms with Crippen molar-refractivity contribution in [1.29, 1.82) is 0 Å². The monoisotopic (exact) mass is 680 g/mol. The van der Waals surface area contributed by atoms with Crippen molar-refractivity contribution in [3.8, 4) is 0 Å². The number of rotatable bonds is 18. The summed E-state index contributed by atoms with van der Waals surface area (Å²) in [7, 11) is -4.51. The average molecular weight is 681 g/mol. The van der Waals surface area contributed by atoms with Gasteiger partial charge in [0.05, 0.1) is 12.2 Å². The molecule has 1 N–H and O–H groups in total. The Kier molecular flexibility index (Phi) is 16.0. The molecule has 0 saturated carbocycles. The number of halogens is 3. The normalized spacial score (nSPS) is 20.5. The van der Waals surface area contributed by atoms with Gasteiger partial charge in [-0.1, -0.05) is 93.2 Å². The molecule has 0 aromatic rings. The highest BCUT2D eigenvalue weighted by atomic mass is 32.2. The fraction of sp³-hybridized carbons (Fsp3) is 0.853. The number of carboxylic acid groups (broad SMARTS) is 1. The van der Waals surface area contributed by atoms with E-state index in [0.29, 0.717) is 35.8 Å². The Labute approximate surface area is 273 Å². The predicted molar refractivity (Wildman–Crippen MR) is 186 cm³/mol. The highest BCUT2D eigenvalue weighted by Crippen LogP contribution is 2.50. The van der Waals surface area contributed by atoms with Crippen LogP contribution in [-0.4, -0.2) is 51.8 Å². The summed E-state index contributed by atoms with van der Waals surface area (Å²) in [5, 5.41) is 8.81. The minimum atomic E-state index is -4.44. The molecule has 0 radical (unpaired) electrons. The number of carbonyl (C=O) groups is 1. The van der Waals surface area contributed by atoms with Gasteiger partial charge in [-0.2, -0.15) is 13.2 Å². The molecule has 4 nitrogen and oxygen atoms in total. The zero-order valence-electron chi connectivity index (χ0n) is 29.7. The van der Waals surface area contributed by atoms with Crippen LogP contribution in [0.2, 0.25) is 36.3 Å². The fourth-order valence-electron chi connectivity index (χ4n) is 4.89. The second-order valence-corrected chi connectivity index (χ2v) is 26.5. The SMILES string of the molecule is CCCC[C@@H](C)C[C@@H](/C=C/[C@@H]1C(SCCCCCC(=O)O)=C(C(F)(F)F)C[C@H]1O[Si](C)(C)C(C)(C)C)O[Si](C)(C)C(C)(C)C. The smallest absolute Gasteiger partial charge is 0.413 e. The maximum absolute atomic E-state index is 14.6. The molecule has 1 rings (SSSR count).